The molecule has 0 aliphatic carbocycles. The third kappa shape index (κ3) is 3.40. The second-order valence-electron chi connectivity index (χ2n) is 3.92. The number of hydrogen-bond donors (Lipinski definition) is 2. The average Bonchev–Trinajstić information content (AvgIpc) is 2.41. The summed E-state index contributed by atoms with van der Waals surface area (Å²) in [6.07, 6.45) is 0. The molecule has 2 aromatic rings. The van der Waals surface area contributed by atoms with Crippen LogP contribution in [0.5, 0.6) is 0 Å². The van der Waals surface area contributed by atoms with Gasteiger partial charge in [0, 0.05) is 6.07 Å². The average molecular weight is 357 g/mol. The first kappa shape index (κ1) is 15.0. The highest BCUT2D eigenvalue weighted by atomic mass is 79.9. The Morgan fingerprint density at radius 1 is 1.19 bits per heavy atom. The van der Waals surface area contributed by atoms with Crippen LogP contribution < -0.4 is 5.32 Å². The largest absolute Gasteiger partial charge is 0.478 e. The standard InChI is InChI=1S/C13H7BrF2N2O3/c14-11-3-1-2-9(17-11)12(19)18-10-4-6(13(20)21)7(15)5-8(10)16/h1-5H,(H,18,19)(H,20,21). The number of benzene rings is 1. The van der Waals surface area contributed by atoms with Gasteiger partial charge in [-0.25, -0.2) is 18.6 Å². The first-order chi connectivity index (χ1) is 9.88. The van der Waals surface area contributed by atoms with Crippen molar-refractivity contribution in [3.05, 3.63) is 57.8 Å². The van der Waals surface area contributed by atoms with Gasteiger partial charge >= 0.3 is 5.97 Å². The van der Waals surface area contributed by atoms with Crippen molar-refractivity contribution in [3.63, 3.8) is 0 Å². The number of pyridine rings is 1. The molecule has 0 aliphatic heterocycles. The summed E-state index contributed by atoms with van der Waals surface area (Å²) in [4.78, 5) is 26.5. The number of hydrogen-bond acceptors (Lipinski definition) is 3. The first-order valence-corrected chi connectivity index (χ1v) is 6.34. The van der Waals surface area contributed by atoms with Crippen molar-refractivity contribution in [2.45, 2.75) is 0 Å². The molecule has 1 aromatic carbocycles. The van der Waals surface area contributed by atoms with Gasteiger partial charge in [-0.2, -0.15) is 0 Å². The fourth-order valence-electron chi connectivity index (χ4n) is 1.53. The number of nitrogens with one attached hydrogen (secondary N) is 1. The molecule has 0 atom stereocenters. The summed E-state index contributed by atoms with van der Waals surface area (Å²) in [5, 5.41) is 10.9. The predicted molar refractivity (Wildman–Crippen MR) is 73.2 cm³/mol. The Bertz CT molecular complexity index is 737. The van der Waals surface area contributed by atoms with Crippen LogP contribution in [-0.2, 0) is 0 Å². The Morgan fingerprint density at radius 3 is 2.52 bits per heavy atom. The first-order valence-electron chi connectivity index (χ1n) is 5.54. The second-order valence-corrected chi connectivity index (χ2v) is 4.73. The molecule has 5 nitrogen and oxygen atoms in total. The zero-order valence-corrected chi connectivity index (χ0v) is 11.8. The Labute approximate surface area is 125 Å². The van der Waals surface area contributed by atoms with E-state index in [1.165, 1.54) is 6.07 Å². The minimum Gasteiger partial charge on any atom is -0.478 e. The number of anilines is 1. The maximum Gasteiger partial charge on any atom is 0.338 e. The summed E-state index contributed by atoms with van der Waals surface area (Å²) in [5.41, 5.74) is -1.19. The van der Waals surface area contributed by atoms with Crippen LogP contribution in [0.2, 0.25) is 0 Å². The van der Waals surface area contributed by atoms with Crippen LogP contribution in [0.4, 0.5) is 14.5 Å². The van der Waals surface area contributed by atoms with Crippen LogP contribution in [0.1, 0.15) is 20.8 Å². The molecule has 0 saturated carbocycles. The quantitative estimate of drug-likeness (QED) is 0.828. The van der Waals surface area contributed by atoms with Gasteiger partial charge in [0.15, 0.2) is 0 Å². The van der Waals surface area contributed by atoms with Gasteiger partial charge in [-0.1, -0.05) is 6.07 Å². The molecule has 0 radical (unpaired) electrons. The molecule has 0 saturated heterocycles. The molecule has 2 N–H and O–H groups in total. The molecular formula is C13H7BrF2N2O3. The lowest BCUT2D eigenvalue weighted by Gasteiger charge is -2.08. The SMILES string of the molecule is O=C(Nc1cc(C(=O)O)c(F)cc1F)c1cccc(Br)n1. The Hall–Kier alpha value is -2.35. The van der Waals surface area contributed by atoms with Crippen LogP contribution in [0, 0.1) is 11.6 Å². The molecule has 108 valence electrons. The van der Waals surface area contributed by atoms with Gasteiger partial charge in [0.05, 0.1) is 11.3 Å². The van der Waals surface area contributed by atoms with Gasteiger partial charge in [0.25, 0.3) is 5.91 Å². The molecule has 0 unspecified atom stereocenters. The molecule has 2 rings (SSSR count). The van der Waals surface area contributed by atoms with Crippen molar-refractivity contribution in [2.24, 2.45) is 0 Å². The molecule has 8 heteroatoms. The molecule has 0 aliphatic rings. The number of carbonyl (C=O) groups excluding carboxylic acids is 1. The summed E-state index contributed by atoms with van der Waals surface area (Å²) < 4.78 is 27.2. The lowest BCUT2D eigenvalue weighted by Crippen LogP contribution is -2.15. The summed E-state index contributed by atoms with van der Waals surface area (Å²) >= 11 is 3.08. The minimum atomic E-state index is -1.57. The monoisotopic (exact) mass is 356 g/mol. The van der Waals surface area contributed by atoms with Crippen molar-refractivity contribution in [2.75, 3.05) is 5.32 Å². The molecule has 0 bridgehead atoms. The van der Waals surface area contributed by atoms with Gasteiger partial charge in [-0.3, -0.25) is 4.79 Å². The number of amides is 1. The lowest BCUT2D eigenvalue weighted by molar-refractivity contribution is 0.0691. The maximum absolute atomic E-state index is 13.6. The van der Waals surface area contributed by atoms with E-state index in [4.69, 9.17) is 5.11 Å². The van der Waals surface area contributed by atoms with E-state index in [1.54, 1.807) is 12.1 Å². The van der Waals surface area contributed by atoms with E-state index in [9.17, 15) is 18.4 Å². The van der Waals surface area contributed by atoms with Crippen molar-refractivity contribution >= 4 is 33.5 Å². The van der Waals surface area contributed by atoms with E-state index in [2.05, 4.69) is 26.2 Å². The fourth-order valence-corrected chi connectivity index (χ4v) is 1.87. The van der Waals surface area contributed by atoms with Crippen LogP contribution >= 0.6 is 15.9 Å². The minimum absolute atomic E-state index is 0.00928. The Morgan fingerprint density at radius 2 is 1.90 bits per heavy atom. The summed E-state index contributed by atoms with van der Waals surface area (Å²) in [6.45, 7) is 0. The van der Waals surface area contributed by atoms with E-state index < -0.39 is 34.8 Å². The number of rotatable bonds is 3. The highest BCUT2D eigenvalue weighted by Crippen LogP contribution is 2.20. The fraction of sp³-hybridized carbons (Fsp3) is 0. The van der Waals surface area contributed by atoms with Crippen LogP contribution in [0.15, 0.2) is 34.9 Å². The molecular weight excluding hydrogens is 350 g/mol. The zero-order chi connectivity index (χ0) is 15.6. The highest BCUT2D eigenvalue weighted by molar-refractivity contribution is 9.10. The molecule has 1 aromatic heterocycles. The third-order valence-corrected chi connectivity index (χ3v) is 2.92. The van der Waals surface area contributed by atoms with Crippen molar-refractivity contribution in [3.8, 4) is 0 Å². The van der Waals surface area contributed by atoms with E-state index in [0.717, 1.165) is 0 Å². The molecule has 1 amide bonds. The van der Waals surface area contributed by atoms with Crippen LogP contribution in [0.25, 0.3) is 0 Å². The predicted octanol–water partition coefficient (Wildman–Crippen LogP) is 3.07. The third-order valence-electron chi connectivity index (χ3n) is 2.48. The summed E-state index contributed by atoms with van der Waals surface area (Å²) in [7, 11) is 0. The maximum atomic E-state index is 13.6. The topological polar surface area (TPSA) is 79.3 Å². The second kappa shape index (κ2) is 5.96. The zero-order valence-electron chi connectivity index (χ0n) is 10.2. The number of aromatic nitrogens is 1. The Kier molecular flexibility index (Phi) is 4.27. The number of carboxylic acids is 1. The van der Waals surface area contributed by atoms with Gasteiger partial charge < -0.3 is 10.4 Å². The number of carboxylic acid groups (broad SMARTS) is 1. The van der Waals surface area contributed by atoms with Gasteiger partial charge in [0.1, 0.15) is 21.9 Å². The lowest BCUT2D eigenvalue weighted by atomic mass is 10.1. The number of carbonyl (C=O) groups is 2. The summed E-state index contributed by atoms with van der Waals surface area (Å²) in [5.74, 6) is -4.62. The van der Waals surface area contributed by atoms with Crippen molar-refractivity contribution in [1.29, 1.82) is 0 Å². The number of nitrogens with zero attached hydrogens (tertiary/aromatic N) is 1. The molecule has 1 heterocycles. The highest BCUT2D eigenvalue weighted by Gasteiger charge is 2.17. The van der Waals surface area contributed by atoms with E-state index in [0.29, 0.717) is 16.7 Å². The van der Waals surface area contributed by atoms with Crippen LogP contribution in [0.3, 0.4) is 0 Å². The van der Waals surface area contributed by atoms with Crippen molar-refractivity contribution in [1.82, 2.24) is 4.98 Å². The Balaban J connectivity index is 2.33. The number of halogens is 3. The molecule has 0 spiro atoms. The van der Waals surface area contributed by atoms with Crippen molar-refractivity contribution < 1.29 is 23.5 Å². The van der Waals surface area contributed by atoms with E-state index >= 15 is 0 Å². The van der Waals surface area contributed by atoms with E-state index in [1.807, 2.05) is 0 Å². The van der Waals surface area contributed by atoms with E-state index in [-0.39, 0.29) is 5.69 Å². The van der Waals surface area contributed by atoms with Crippen LogP contribution in [-0.4, -0.2) is 22.0 Å². The number of aromatic carboxylic acids is 1. The van der Waals surface area contributed by atoms with Gasteiger partial charge in [0.2, 0.25) is 0 Å². The summed E-state index contributed by atoms with van der Waals surface area (Å²) in [6, 6.07) is 5.64. The smallest absolute Gasteiger partial charge is 0.338 e. The van der Waals surface area contributed by atoms with Gasteiger partial charge in [-0.05, 0) is 34.1 Å². The normalized spacial score (nSPS) is 10.2. The molecule has 0 fully saturated rings. The molecule has 21 heavy (non-hydrogen) atoms. The van der Waals surface area contributed by atoms with Gasteiger partial charge in [-0.15, -0.1) is 0 Å².